The van der Waals surface area contributed by atoms with Gasteiger partial charge in [-0.3, -0.25) is 24.0 Å². The van der Waals surface area contributed by atoms with Gasteiger partial charge in [0.05, 0.1) is 0 Å². The molecule has 1 fully saturated rings. The third-order valence-corrected chi connectivity index (χ3v) is 3.14. The van der Waals surface area contributed by atoms with Crippen LogP contribution in [0.25, 0.3) is 0 Å². The molecular weight excluding hydrogens is 356 g/mol. The molecule has 1 unspecified atom stereocenters. The maximum absolute atomic E-state index is 11.5. The Hall–Kier alpha value is -2.69. The Bertz CT molecular complexity index is 558. The van der Waals surface area contributed by atoms with E-state index in [-0.39, 0.29) is 6.47 Å². The minimum Gasteiger partial charge on any atom is -0.463 e. The van der Waals surface area contributed by atoms with Crippen molar-refractivity contribution in [2.75, 3.05) is 6.61 Å². The van der Waals surface area contributed by atoms with Crippen LogP contribution >= 0.6 is 0 Å². The number of rotatable bonds is 7. The van der Waals surface area contributed by atoms with E-state index in [0.717, 1.165) is 27.7 Å². The van der Waals surface area contributed by atoms with Crippen molar-refractivity contribution in [1.82, 2.24) is 0 Å². The fourth-order valence-electron chi connectivity index (χ4n) is 2.34. The minimum atomic E-state index is -1.48. The zero-order valence-electron chi connectivity index (χ0n) is 14.7. The van der Waals surface area contributed by atoms with E-state index in [1.54, 1.807) is 0 Å². The highest BCUT2D eigenvalue weighted by molar-refractivity contribution is 5.68. The average Bonchev–Trinajstić information content (AvgIpc) is 2.49. The SMILES string of the molecule is CC(=O)OC[C@H]1OC(OC(C)=O)[C@H](OC=O)[C@@H](OC(C)=O)[C@@H]1OC(C)=O. The summed E-state index contributed by atoms with van der Waals surface area (Å²) in [5, 5.41) is 0. The lowest BCUT2D eigenvalue weighted by Crippen LogP contribution is -2.62. The molecule has 0 spiro atoms. The molecule has 146 valence electrons. The summed E-state index contributed by atoms with van der Waals surface area (Å²) in [6.45, 7) is 4.06. The normalized spacial score (nSPS) is 27.6. The fraction of sp³-hybridized carbons (Fsp3) is 0.667. The van der Waals surface area contributed by atoms with Crippen LogP contribution in [0.15, 0.2) is 0 Å². The zero-order valence-corrected chi connectivity index (χ0v) is 14.7. The summed E-state index contributed by atoms with van der Waals surface area (Å²) >= 11 is 0. The predicted molar refractivity (Wildman–Crippen MR) is 79.1 cm³/mol. The molecule has 0 N–H and O–H groups in total. The Morgan fingerprint density at radius 1 is 0.808 bits per heavy atom. The first kappa shape index (κ1) is 21.4. The van der Waals surface area contributed by atoms with E-state index in [1.165, 1.54) is 0 Å². The molecule has 0 aromatic heterocycles. The molecule has 11 heteroatoms. The van der Waals surface area contributed by atoms with E-state index in [9.17, 15) is 24.0 Å². The Kier molecular flexibility index (Phi) is 7.97. The third-order valence-electron chi connectivity index (χ3n) is 3.14. The summed E-state index contributed by atoms with van der Waals surface area (Å²) in [6.07, 6.45) is -6.68. The quantitative estimate of drug-likeness (QED) is 0.314. The largest absolute Gasteiger partial charge is 0.463 e. The average molecular weight is 376 g/mol. The van der Waals surface area contributed by atoms with Crippen LogP contribution in [0.3, 0.4) is 0 Å². The number of ether oxygens (including phenoxy) is 6. The maximum atomic E-state index is 11.5. The van der Waals surface area contributed by atoms with Crippen LogP contribution in [0.4, 0.5) is 0 Å². The van der Waals surface area contributed by atoms with E-state index in [4.69, 9.17) is 28.4 Å². The first-order valence-electron chi connectivity index (χ1n) is 7.55. The Labute approximate surface area is 148 Å². The number of esters is 4. The Morgan fingerprint density at radius 3 is 1.81 bits per heavy atom. The highest BCUT2D eigenvalue weighted by Gasteiger charge is 2.53. The molecule has 1 aliphatic rings. The van der Waals surface area contributed by atoms with Gasteiger partial charge in [-0.25, -0.2) is 0 Å². The molecule has 0 aromatic rings. The molecule has 0 radical (unpaired) electrons. The van der Waals surface area contributed by atoms with Crippen LogP contribution in [-0.4, -0.2) is 67.7 Å². The van der Waals surface area contributed by atoms with E-state index >= 15 is 0 Å². The second-order valence-corrected chi connectivity index (χ2v) is 5.30. The number of carbonyl (C=O) groups is 5. The van der Waals surface area contributed by atoms with Crippen molar-refractivity contribution in [3.8, 4) is 0 Å². The lowest BCUT2D eigenvalue weighted by atomic mass is 9.98. The lowest BCUT2D eigenvalue weighted by Gasteiger charge is -2.43. The van der Waals surface area contributed by atoms with Crippen molar-refractivity contribution in [3.63, 3.8) is 0 Å². The van der Waals surface area contributed by atoms with Gasteiger partial charge in [0.25, 0.3) is 6.47 Å². The number of hydrogen-bond acceptors (Lipinski definition) is 11. The number of hydrogen-bond donors (Lipinski definition) is 0. The van der Waals surface area contributed by atoms with Gasteiger partial charge < -0.3 is 28.4 Å². The molecular formula is C15H20O11. The third kappa shape index (κ3) is 6.31. The predicted octanol–water partition coefficient (Wildman–Crippen LogP) is -0.757. The second kappa shape index (κ2) is 9.70. The van der Waals surface area contributed by atoms with Crippen molar-refractivity contribution in [2.45, 2.75) is 58.4 Å². The van der Waals surface area contributed by atoms with E-state index < -0.39 is 61.2 Å². The lowest BCUT2D eigenvalue weighted by molar-refractivity contribution is -0.298. The van der Waals surface area contributed by atoms with Gasteiger partial charge in [0.1, 0.15) is 12.7 Å². The number of carbonyl (C=O) groups excluding carboxylic acids is 5. The Balaban J connectivity index is 3.23. The molecule has 1 rings (SSSR count). The standard InChI is InChI=1S/C15H20O11/c1-7(17)21-5-11-12(23-8(2)18)13(24-9(3)19)14(22-6-16)15(26-11)25-10(4)20/h6,11-15H,5H2,1-4H3/t11-,12-,13+,14-,15?/m1/s1. The van der Waals surface area contributed by atoms with Gasteiger partial charge in [-0.2, -0.15) is 0 Å². The highest BCUT2D eigenvalue weighted by atomic mass is 16.7. The van der Waals surface area contributed by atoms with Crippen molar-refractivity contribution in [3.05, 3.63) is 0 Å². The summed E-state index contributed by atoms with van der Waals surface area (Å²) in [5.74, 6) is -2.94. The maximum Gasteiger partial charge on any atom is 0.305 e. The van der Waals surface area contributed by atoms with Crippen LogP contribution in [0.5, 0.6) is 0 Å². The molecule has 0 aliphatic carbocycles. The monoisotopic (exact) mass is 376 g/mol. The van der Waals surface area contributed by atoms with Crippen LogP contribution in [0, 0.1) is 0 Å². The Morgan fingerprint density at radius 2 is 1.35 bits per heavy atom. The minimum absolute atomic E-state index is 0.0399. The summed E-state index contributed by atoms with van der Waals surface area (Å²) in [4.78, 5) is 56.1. The highest BCUT2D eigenvalue weighted by Crippen LogP contribution is 2.29. The summed E-state index contributed by atoms with van der Waals surface area (Å²) < 4.78 is 30.3. The van der Waals surface area contributed by atoms with Crippen LogP contribution in [0.2, 0.25) is 0 Å². The van der Waals surface area contributed by atoms with E-state index in [2.05, 4.69) is 0 Å². The van der Waals surface area contributed by atoms with Gasteiger partial charge in [0.15, 0.2) is 12.2 Å². The summed E-state index contributed by atoms with van der Waals surface area (Å²) in [5.41, 5.74) is 0. The molecule has 1 aliphatic heterocycles. The van der Waals surface area contributed by atoms with Gasteiger partial charge in [0, 0.05) is 27.7 Å². The van der Waals surface area contributed by atoms with Crippen molar-refractivity contribution < 1.29 is 52.4 Å². The van der Waals surface area contributed by atoms with Crippen molar-refractivity contribution in [1.29, 1.82) is 0 Å². The topological polar surface area (TPSA) is 141 Å². The molecule has 0 bridgehead atoms. The van der Waals surface area contributed by atoms with Gasteiger partial charge in [-0.1, -0.05) is 0 Å². The summed E-state index contributed by atoms with van der Waals surface area (Å²) in [7, 11) is 0. The summed E-state index contributed by atoms with van der Waals surface area (Å²) in [6, 6.07) is 0. The van der Waals surface area contributed by atoms with Crippen LogP contribution in [-0.2, 0) is 52.4 Å². The van der Waals surface area contributed by atoms with Gasteiger partial charge in [-0.15, -0.1) is 0 Å². The van der Waals surface area contributed by atoms with Gasteiger partial charge in [0.2, 0.25) is 12.4 Å². The molecule has 1 saturated heterocycles. The first-order chi connectivity index (χ1) is 12.1. The van der Waals surface area contributed by atoms with Gasteiger partial charge >= 0.3 is 23.9 Å². The molecule has 1 heterocycles. The smallest absolute Gasteiger partial charge is 0.305 e. The van der Waals surface area contributed by atoms with E-state index in [1.807, 2.05) is 0 Å². The van der Waals surface area contributed by atoms with Crippen LogP contribution < -0.4 is 0 Å². The van der Waals surface area contributed by atoms with E-state index in [0.29, 0.717) is 0 Å². The molecule has 0 aromatic carbocycles. The molecule has 5 atom stereocenters. The molecule has 11 nitrogen and oxygen atoms in total. The fourth-order valence-corrected chi connectivity index (χ4v) is 2.34. The second-order valence-electron chi connectivity index (χ2n) is 5.30. The van der Waals surface area contributed by atoms with Gasteiger partial charge in [-0.05, 0) is 0 Å². The van der Waals surface area contributed by atoms with Crippen molar-refractivity contribution in [2.24, 2.45) is 0 Å². The molecule has 26 heavy (non-hydrogen) atoms. The zero-order chi connectivity index (χ0) is 19.9. The molecule has 0 amide bonds. The van der Waals surface area contributed by atoms with Crippen molar-refractivity contribution >= 4 is 30.3 Å². The van der Waals surface area contributed by atoms with Crippen LogP contribution in [0.1, 0.15) is 27.7 Å². The molecule has 0 saturated carbocycles. The first-order valence-corrected chi connectivity index (χ1v) is 7.55.